The van der Waals surface area contributed by atoms with Crippen LogP contribution in [0.1, 0.15) is 19.4 Å². The van der Waals surface area contributed by atoms with E-state index in [1.807, 2.05) is 30.3 Å². The monoisotopic (exact) mass is 264 g/mol. The van der Waals surface area contributed by atoms with Crippen LogP contribution in [-0.4, -0.2) is 30.3 Å². The zero-order valence-corrected chi connectivity index (χ0v) is 10.9. The van der Waals surface area contributed by atoms with Gasteiger partial charge in [-0.3, -0.25) is 0 Å². The fourth-order valence-corrected chi connectivity index (χ4v) is 2.30. The molecule has 2 aliphatic heterocycles. The van der Waals surface area contributed by atoms with Crippen LogP contribution in [0.3, 0.4) is 0 Å². The van der Waals surface area contributed by atoms with Crippen LogP contribution in [0.25, 0.3) is 0 Å². The van der Waals surface area contributed by atoms with Crippen LogP contribution in [0, 0.1) is 0 Å². The van der Waals surface area contributed by atoms with Gasteiger partial charge < -0.3 is 18.9 Å². The van der Waals surface area contributed by atoms with Crippen LogP contribution in [0.4, 0.5) is 0 Å². The highest BCUT2D eigenvalue weighted by Gasteiger charge is 2.56. The zero-order chi connectivity index (χ0) is 13.5. The highest BCUT2D eigenvalue weighted by atomic mass is 16.8. The van der Waals surface area contributed by atoms with E-state index in [0.29, 0.717) is 6.61 Å². The van der Waals surface area contributed by atoms with Gasteiger partial charge in [-0.2, -0.15) is 0 Å². The Morgan fingerprint density at radius 2 is 1.95 bits per heavy atom. The van der Waals surface area contributed by atoms with Gasteiger partial charge in [0, 0.05) is 0 Å². The molecule has 0 saturated carbocycles. The first-order valence-corrected chi connectivity index (χ1v) is 6.27. The third-order valence-electron chi connectivity index (χ3n) is 3.12. The van der Waals surface area contributed by atoms with E-state index in [9.17, 15) is 4.79 Å². The minimum Gasteiger partial charge on any atom is -0.431 e. The van der Waals surface area contributed by atoms with Gasteiger partial charge in [-0.25, -0.2) is 4.79 Å². The Labute approximate surface area is 111 Å². The van der Waals surface area contributed by atoms with Gasteiger partial charge in [-0.05, 0) is 19.4 Å². The fourth-order valence-electron chi connectivity index (χ4n) is 2.30. The van der Waals surface area contributed by atoms with Crippen LogP contribution < -0.4 is 0 Å². The standard InChI is InChI=1S/C14H16O5/c1-14(2)18-10-11(19-14)13(17-12(10)15)16-8-9-6-4-3-5-7-9/h3-7,10-11,13H,8H2,1-2H3. The number of esters is 1. The smallest absolute Gasteiger partial charge is 0.340 e. The van der Waals surface area contributed by atoms with Crippen molar-refractivity contribution in [2.75, 3.05) is 0 Å². The molecule has 0 aliphatic carbocycles. The van der Waals surface area contributed by atoms with Crippen LogP contribution in [0.15, 0.2) is 30.3 Å². The summed E-state index contributed by atoms with van der Waals surface area (Å²) in [5.41, 5.74) is 1.01. The molecule has 2 heterocycles. The van der Waals surface area contributed by atoms with E-state index >= 15 is 0 Å². The van der Waals surface area contributed by atoms with Crippen molar-refractivity contribution in [3.8, 4) is 0 Å². The summed E-state index contributed by atoms with van der Waals surface area (Å²) >= 11 is 0. The largest absolute Gasteiger partial charge is 0.431 e. The summed E-state index contributed by atoms with van der Waals surface area (Å²) in [5.74, 6) is -1.20. The Kier molecular flexibility index (Phi) is 3.05. The summed E-state index contributed by atoms with van der Waals surface area (Å²) in [6.07, 6.45) is -1.89. The summed E-state index contributed by atoms with van der Waals surface area (Å²) in [6, 6.07) is 9.70. The summed E-state index contributed by atoms with van der Waals surface area (Å²) in [5, 5.41) is 0. The molecule has 1 aromatic carbocycles. The Morgan fingerprint density at radius 1 is 1.21 bits per heavy atom. The third-order valence-corrected chi connectivity index (χ3v) is 3.12. The minimum atomic E-state index is -0.775. The van der Waals surface area contributed by atoms with E-state index in [0.717, 1.165) is 5.56 Å². The molecule has 5 heteroatoms. The van der Waals surface area contributed by atoms with E-state index in [1.54, 1.807) is 13.8 Å². The second-order valence-corrected chi connectivity index (χ2v) is 5.12. The Balaban J connectivity index is 1.65. The highest BCUT2D eigenvalue weighted by Crippen LogP contribution is 2.36. The predicted octanol–water partition coefficient (Wildman–Crippen LogP) is 1.61. The van der Waals surface area contributed by atoms with E-state index < -0.39 is 30.3 Å². The Hall–Kier alpha value is -1.43. The first kappa shape index (κ1) is 12.6. The fraction of sp³-hybridized carbons (Fsp3) is 0.500. The van der Waals surface area contributed by atoms with Gasteiger partial charge in [0.15, 0.2) is 18.0 Å². The van der Waals surface area contributed by atoms with Gasteiger partial charge in [0.05, 0.1) is 6.61 Å². The van der Waals surface area contributed by atoms with Gasteiger partial charge >= 0.3 is 5.97 Å². The molecule has 3 unspecified atom stereocenters. The molecule has 3 rings (SSSR count). The number of hydrogen-bond acceptors (Lipinski definition) is 5. The number of fused-ring (bicyclic) bond motifs is 1. The van der Waals surface area contributed by atoms with Gasteiger partial charge in [-0.15, -0.1) is 0 Å². The molecule has 3 atom stereocenters. The summed E-state index contributed by atoms with van der Waals surface area (Å²) in [7, 11) is 0. The van der Waals surface area contributed by atoms with Gasteiger partial charge in [-0.1, -0.05) is 30.3 Å². The van der Waals surface area contributed by atoms with Crippen molar-refractivity contribution in [2.24, 2.45) is 0 Å². The lowest BCUT2D eigenvalue weighted by Gasteiger charge is -2.21. The molecule has 5 nitrogen and oxygen atoms in total. The molecule has 2 saturated heterocycles. The molecule has 1 aromatic rings. The minimum absolute atomic E-state index is 0.367. The lowest BCUT2D eigenvalue weighted by atomic mass is 10.2. The number of ether oxygens (including phenoxy) is 4. The van der Waals surface area contributed by atoms with Crippen molar-refractivity contribution in [2.45, 2.75) is 44.7 Å². The number of carbonyl (C=O) groups is 1. The van der Waals surface area contributed by atoms with E-state index in [-0.39, 0.29) is 0 Å². The number of cyclic esters (lactones) is 1. The third kappa shape index (κ3) is 2.49. The molecule has 2 fully saturated rings. The molecule has 0 N–H and O–H groups in total. The maximum atomic E-state index is 11.7. The van der Waals surface area contributed by atoms with Crippen molar-refractivity contribution >= 4 is 5.97 Å². The zero-order valence-electron chi connectivity index (χ0n) is 10.9. The Morgan fingerprint density at radius 3 is 2.68 bits per heavy atom. The second-order valence-electron chi connectivity index (χ2n) is 5.12. The quantitative estimate of drug-likeness (QED) is 0.776. The summed E-state index contributed by atoms with van der Waals surface area (Å²) < 4.78 is 21.9. The number of hydrogen-bond donors (Lipinski definition) is 0. The van der Waals surface area contributed by atoms with Crippen molar-refractivity contribution in [3.05, 3.63) is 35.9 Å². The maximum absolute atomic E-state index is 11.7. The molecule has 0 bridgehead atoms. The topological polar surface area (TPSA) is 54.0 Å². The van der Waals surface area contributed by atoms with Gasteiger partial charge in [0.2, 0.25) is 6.29 Å². The number of carbonyl (C=O) groups excluding carboxylic acids is 1. The maximum Gasteiger partial charge on any atom is 0.340 e. The van der Waals surface area contributed by atoms with Crippen molar-refractivity contribution < 1.29 is 23.7 Å². The molecule has 0 spiro atoms. The molecule has 0 aromatic heterocycles. The second kappa shape index (κ2) is 4.59. The van der Waals surface area contributed by atoms with Crippen LogP contribution >= 0.6 is 0 Å². The van der Waals surface area contributed by atoms with E-state index in [1.165, 1.54) is 0 Å². The molecule has 0 radical (unpaired) electrons. The van der Waals surface area contributed by atoms with Crippen molar-refractivity contribution in [1.82, 2.24) is 0 Å². The summed E-state index contributed by atoms with van der Waals surface area (Å²) in [6.45, 7) is 3.91. The molecule has 2 aliphatic rings. The molecule has 19 heavy (non-hydrogen) atoms. The lowest BCUT2D eigenvalue weighted by Crippen LogP contribution is -2.31. The van der Waals surface area contributed by atoms with Crippen LogP contribution in [0.5, 0.6) is 0 Å². The van der Waals surface area contributed by atoms with Crippen LogP contribution in [0.2, 0.25) is 0 Å². The SMILES string of the molecule is CC1(C)OC2C(=O)OC(OCc3ccccc3)C2O1. The normalized spacial score (nSPS) is 32.1. The lowest BCUT2D eigenvalue weighted by molar-refractivity contribution is -0.222. The van der Waals surface area contributed by atoms with Gasteiger partial charge in [0.1, 0.15) is 0 Å². The van der Waals surface area contributed by atoms with Crippen LogP contribution in [-0.2, 0) is 30.3 Å². The Bertz CT molecular complexity index is 470. The molecular formula is C14H16O5. The van der Waals surface area contributed by atoms with Crippen molar-refractivity contribution in [1.29, 1.82) is 0 Å². The molecule has 0 amide bonds. The number of benzene rings is 1. The van der Waals surface area contributed by atoms with Gasteiger partial charge in [0.25, 0.3) is 0 Å². The molecule has 102 valence electrons. The first-order valence-electron chi connectivity index (χ1n) is 6.27. The first-order chi connectivity index (χ1) is 9.05. The average molecular weight is 264 g/mol. The van der Waals surface area contributed by atoms with E-state index in [2.05, 4.69) is 0 Å². The van der Waals surface area contributed by atoms with Crippen molar-refractivity contribution in [3.63, 3.8) is 0 Å². The molecular weight excluding hydrogens is 248 g/mol. The average Bonchev–Trinajstić information content (AvgIpc) is 2.84. The van der Waals surface area contributed by atoms with E-state index in [4.69, 9.17) is 18.9 Å². The number of rotatable bonds is 3. The predicted molar refractivity (Wildman–Crippen MR) is 64.9 cm³/mol. The summed E-state index contributed by atoms with van der Waals surface area (Å²) in [4.78, 5) is 11.7. The highest BCUT2D eigenvalue weighted by molar-refractivity contribution is 5.78.